The van der Waals surface area contributed by atoms with Gasteiger partial charge >= 0.3 is 12.3 Å². The van der Waals surface area contributed by atoms with Gasteiger partial charge in [-0.3, -0.25) is 9.88 Å². The number of hydrogen-bond donors (Lipinski definition) is 0. The van der Waals surface area contributed by atoms with Crippen LogP contribution < -0.4 is 9.64 Å². The van der Waals surface area contributed by atoms with Gasteiger partial charge in [0.05, 0.1) is 24.9 Å². The first kappa shape index (κ1) is 27.0. The Kier molecular flexibility index (Phi) is 7.67. The van der Waals surface area contributed by atoms with E-state index in [1.807, 2.05) is 32.9 Å². The van der Waals surface area contributed by atoms with Crippen LogP contribution in [0.25, 0.3) is 11.1 Å². The minimum atomic E-state index is -4.41. The summed E-state index contributed by atoms with van der Waals surface area (Å²) in [5.74, 6) is 0.693. The normalized spacial score (nSPS) is 11.8. The first-order chi connectivity index (χ1) is 16.7. The minimum Gasteiger partial charge on any atom is -0.496 e. The average molecular weight is 501 g/mol. The van der Waals surface area contributed by atoms with Crippen molar-refractivity contribution in [3.05, 3.63) is 76.6 Å². The van der Waals surface area contributed by atoms with Gasteiger partial charge in [0.25, 0.3) is 0 Å². The van der Waals surface area contributed by atoms with Gasteiger partial charge in [0.2, 0.25) is 0 Å². The first-order valence-corrected chi connectivity index (χ1v) is 11.5. The van der Waals surface area contributed by atoms with Crippen LogP contribution in [0.5, 0.6) is 5.75 Å². The zero-order valence-corrected chi connectivity index (χ0v) is 21.6. The largest absolute Gasteiger partial charge is 0.496 e. The van der Waals surface area contributed by atoms with Gasteiger partial charge in [-0.2, -0.15) is 13.2 Å². The number of carbonyl (C=O) groups excluding carboxylic acids is 1. The highest BCUT2D eigenvalue weighted by Gasteiger charge is 2.30. The van der Waals surface area contributed by atoms with E-state index in [9.17, 15) is 18.0 Å². The smallest absolute Gasteiger partial charge is 0.416 e. The van der Waals surface area contributed by atoms with Gasteiger partial charge in [-0.05, 0) is 82.5 Å². The monoisotopic (exact) mass is 500 g/mol. The molecule has 0 saturated heterocycles. The second kappa shape index (κ2) is 10.2. The van der Waals surface area contributed by atoms with Gasteiger partial charge < -0.3 is 9.47 Å². The third-order valence-corrected chi connectivity index (χ3v) is 5.59. The number of hydrogen-bond acceptors (Lipinski definition) is 4. The Labute approximate surface area is 209 Å². The van der Waals surface area contributed by atoms with Crippen LogP contribution in [-0.4, -0.2) is 23.8 Å². The Morgan fingerprint density at radius 1 is 0.972 bits per heavy atom. The molecule has 0 radical (unpaired) electrons. The molecule has 0 aliphatic heterocycles. The fourth-order valence-electron chi connectivity index (χ4n) is 3.90. The number of ether oxygens (including phenoxy) is 2. The predicted molar refractivity (Wildman–Crippen MR) is 134 cm³/mol. The molecular weight excluding hydrogens is 469 g/mol. The molecule has 0 aliphatic rings. The van der Waals surface area contributed by atoms with Crippen molar-refractivity contribution in [2.24, 2.45) is 0 Å². The maximum Gasteiger partial charge on any atom is 0.416 e. The van der Waals surface area contributed by atoms with Crippen LogP contribution in [-0.2, 0) is 17.5 Å². The highest BCUT2D eigenvalue weighted by molar-refractivity contribution is 5.89. The highest BCUT2D eigenvalue weighted by Crippen LogP contribution is 2.34. The standard InChI is InChI=1S/C28H31F3N2O3/c1-17-12-21(20-8-10-22(11-9-20)28(29,30)31)14-23(13-17)33(26(34)36-27(4,5)6)16-24-19(3)25(35-7)18(2)15-32-24/h8-15H,16H2,1-7H3. The number of nitrogens with zero attached hydrogens (tertiary/aromatic N) is 2. The molecule has 1 amide bonds. The van der Waals surface area contributed by atoms with Crippen LogP contribution in [0.2, 0.25) is 0 Å². The van der Waals surface area contributed by atoms with Crippen LogP contribution in [0.3, 0.4) is 0 Å². The highest BCUT2D eigenvalue weighted by atomic mass is 19.4. The topological polar surface area (TPSA) is 51.7 Å². The number of methoxy groups -OCH3 is 1. The molecule has 0 atom stereocenters. The number of rotatable bonds is 5. The maximum atomic E-state index is 13.3. The summed E-state index contributed by atoms with van der Waals surface area (Å²) in [5, 5.41) is 0. The zero-order valence-electron chi connectivity index (χ0n) is 21.6. The number of alkyl halides is 3. The van der Waals surface area contributed by atoms with Crippen molar-refractivity contribution in [2.75, 3.05) is 12.0 Å². The van der Waals surface area contributed by atoms with Gasteiger partial charge in [-0.1, -0.05) is 18.2 Å². The van der Waals surface area contributed by atoms with Crippen molar-refractivity contribution in [1.29, 1.82) is 0 Å². The summed E-state index contributed by atoms with van der Waals surface area (Å²) in [6, 6.07) is 10.4. The third-order valence-electron chi connectivity index (χ3n) is 5.59. The van der Waals surface area contributed by atoms with E-state index >= 15 is 0 Å². The van der Waals surface area contributed by atoms with Crippen molar-refractivity contribution >= 4 is 11.8 Å². The molecule has 36 heavy (non-hydrogen) atoms. The number of benzene rings is 2. The summed E-state index contributed by atoms with van der Waals surface area (Å²) in [7, 11) is 1.58. The molecule has 192 valence electrons. The molecule has 8 heteroatoms. The van der Waals surface area contributed by atoms with Crippen molar-refractivity contribution in [3.8, 4) is 16.9 Å². The Morgan fingerprint density at radius 3 is 2.17 bits per heavy atom. The van der Waals surface area contributed by atoms with E-state index in [1.54, 1.807) is 40.1 Å². The zero-order chi connectivity index (χ0) is 26.8. The summed E-state index contributed by atoms with van der Waals surface area (Å²) in [5.41, 5.74) is 3.53. The van der Waals surface area contributed by atoms with Gasteiger partial charge in [-0.15, -0.1) is 0 Å². The molecule has 1 heterocycles. The van der Waals surface area contributed by atoms with E-state index in [4.69, 9.17) is 9.47 Å². The number of aryl methyl sites for hydroxylation is 2. The van der Waals surface area contributed by atoms with E-state index in [1.165, 1.54) is 17.0 Å². The molecule has 2 aromatic carbocycles. The van der Waals surface area contributed by atoms with Crippen LogP contribution in [0.4, 0.5) is 23.7 Å². The molecule has 5 nitrogen and oxygen atoms in total. The Morgan fingerprint density at radius 2 is 1.61 bits per heavy atom. The van der Waals surface area contributed by atoms with E-state index in [-0.39, 0.29) is 6.54 Å². The van der Waals surface area contributed by atoms with Crippen LogP contribution in [0.1, 0.15) is 48.7 Å². The van der Waals surface area contributed by atoms with E-state index < -0.39 is 23.4 Å². The maximum absolute atomic E-state index is 13.3. The van der Waals surface area contributed by atoms with Gasteiger partial charge in [0.1, 0.15) is 11.4 Å². The van der Waals surface area contributed by atoms with Gasteiger partial charge in [0.15, 0.2) is 0 Å². The number of amides is 1. The summed E-state index contributed by atoms with van der Waals surface area (Å²) in [4.78, 5) is 19.3. The molecular formula is C28H31F3N2O3. The molecule has 3 rings (SSSR count). The quantitative estimate of drug-likeness (QED) is 0.361. The van der Waals surface area contributed by atoms with E-state index in [0.29, 0.717) is 28.3 Å². The second-order valence-corrected chi connectivity index (χ2v) is 9.74. The summed E-state index contributed by atoms with van der Waals surface area (Å²) in [6.07, 6.45) is -3.28. The molecule has 3 aromatic rings. The van der Waals surface area contributed by atoms with Crippen molar-refractivity contribution in [1.82, 2.24) is 4.98 Å². The van der Waals surface area contributed by atoms with Gasteiger partial charge in [-0.25, -0.2) is 4.79 Å². The van der Waals surface area contributed by atoms with E-state index in [2.05, 4.69) is 4.98 Å². The molecule has 0 unspecified atom stereocenters. The summed E-state index contributed by atoms with van der Waals surface area (Å²) >= 11 is 0. The van der Waals surface area contributed by atoms with Crippen LogP contribution in [0, 0.1) is 20.8 Å². The SMILES string of the molecule is COc1c(C)cnc(CN(C(=O)OC(C)(C)C)c2cc(C)cc(-c3ccc(C(F)(F)F)cc3)c2)c1C. The van der Waals surface area contributed by atoms with Crippen LogP contribution in [0.15, 0.2) is 48.7 Å². The van der Waals surface area contributed by atoms with Gasteiger partial charge in [0, 0.05) is 23.0 Å². The lowest BCUT2D eigenvalue weighted by atomic mass is 10.0. The Hall–Kier alpha value is -3.55. The average Bonchev–Trinajstić information content (AvgIpc) is 2.77. The number of carbonyl (C=O) groups is 1. The fourth-order valence-corrected chi connectivity index (χ4v) is 3.90. The Balaban J connectivity index is 2.08. The molecule has 0 spiro atoms. The van der Waals surface area contributed by atoms with Crippen molar-refractivity contribution in [2.45, 2.75) is 59.9 Å². The summed E-state index contributed by atoms with van der Waals surface area (Å²) in [6.45, 7) is 11.1. The minimum absolute atomic E-state index is 0.118. The second-order valence-electron chi connectivity index (χ2n) is 9.74. The van der Waals surface area contributed by atoms with Crippen LogP contribution >= 0.6 is 0 Å². The Bertz CT molecular complexity index is 1250. The third kappa shape index (κ3) is 6.36. The molecule has 0 N–H and O–H groups in total. The molecule has 0 saturated carbocycles. The fraction of sp³-hybridized carbons (Fsp3) is 0.357. The predicted octanol–water partition coefficient (Wildman–Crippen LogP) is 7.64. The van der Waals surface area contributed by atoms with Crippen molar-refractivity contribution in [3.63, 3.8) is 0 Å². The number of halogens is 3. The molecule has 0 bridgehead atoms. The number of aromatic nitrogens is 1. The first-order valence-electron chi connectivity index (χ1n) is 11.5. The van der Waals surface area contributed by atoms with Crippen molar-refractivity contribution < 1.29 is 27.4 Å². The lowest BCUT2D eigenvalue weighted by Gasteiger charge is -2.28. The summed E-state index contributed by atoms with van der Waals surface area (Å²) < 4.78 is 50.3. The molecule has 1 aromatic heterocycles. The lowest BCUT2D eigenvalue weighted by Crippen LogP contribution is -2.37. The molecule has 0 aliphatic carbocycles. The molecule has 0 fully saturated rings. The number of pyridine rings is 1. The number of anilines is 1. The lowest BCUT2D eigenvalue weighted by molar-refractivity contribution is -0.137. The van der Waals surface area contributed by atoms with E-state index in [0.717, 1.165) is 28.8 Å².